The molecule has 0 radical (unpaired) electrons. The van der Waals surface area contributed by atoms with Crippen LogP contribution in [0.3, 0.4) is 0 Å². The second-order valence-corrected chi connectivity index (χ2v) is 5.32. The van der Waals surface area contributed by atoms with E-state index in [1.807, 2.05) is 12.1 Å². The molecule has 2 N–H and O–H groups in total. The Hall–Kier alpha value is -2.00. The van der Waals surface area contributed by atoms with E-state index in [0.29, 0.717) is 10.7 Å². The number of nitrogens with two attached hydrogens (primary N) is 1. The molecule has 0 unspecified atom stereocenters. The van der Waals surface area contributed by atoms with Crippen molar-refractivity contribution >= 4 is 28.3 Å². The van der Waals surface area contributed by atoms with Gasteiger partial charge in [0.2, 0.25) is 0 Å². The number of aryl methyl sites for hydroxylation is 2. The molecule has 1 aromatic heterocycles. The van der Waals surface area contributed by atoms with Gasteiger partial charge in [0.1, 0.15) is 5.82 Å². The van der Waals surface area contributed by atoms with Gasteiger partial charge in [-0.3, -0.25) is 0 Å². The van der Waals surface area contributed by atoms with Crippen molar-refractivity contribution in [1.29, 1.82) is 0 Å². The number of hydrogen-bond acceptors (Lipinski definition) is 2. The summed E-state index contributed by atoms with van der Waals surface area (Å²) in [5, 5.41) is 0.631. The minimum Gasteiger partial charge on any atom is -0.399 e. The molecule has 0 saturated carbocycles. The maximum Gasteiger partial charge on any atom is 0.142 e. The molecule has 3 aromatic rings. The number of aromatic nitrogens is 2. The Morgan fingerprint density at radius 1 is 1.20 bits per heavy atom. The molecular weight excluding hydrogens is 270 g/mol. The number of anilines is 1. The molecule has 0 aliphatic heterocycles. The number of imidazole rings is 1. The van der Waals surface area contributed by atoms with Crippen LogP contribution in [0.25, 0.3) is 22.4 Å². The van der Waals surface area contributed by atoms with E-state index in [1.165, 1.54) is 5.56 Å². The summed E-state index contributed by atoms with van der Waals surface area (Å²) in [6, 6.07) is 11.8. The zero-order valence-electron chi connectivity index (χ0n) is 11.5. The van der Waals surface area contributed by atoms with Crippen molar-refractivity contribution in [3.8, 4) is 11.4 Å². The SMILES string of the molecule is CCn1c(-c2ccc(N)cc2Cl)nc2cc(C)ccc21. The van der Waals surface area contributed by atoms with Gasteiger partial charge in [0.25, 0.3) is 0 Å². The van der Waals surface area contributed by atoms with Gasteiger partial charge in [-0.05, 0) is 49.7 Å². The van der Waals surface area contributed by atoms with Crippen molar-refractivity contribution in [2.75, 3.05) is 5.73 Å². The summed E-state index contributed by atoms with van der Waals surface area (Å²) >= 11 is 6.32. The van der Waals surface area contributed by atoms with Crippen molar-refractivity contribution in [3.05, 3.63) is 47.0 Å². The Morgan fingerprint density at radius 3 is 2.70 bits per heavy atom. The molecule has 0 fully saturated rings. The van der Waals surface area contributed by atoms with Crippen LogP contribution in [0.5, 0.6) is 0 Å². The first-order valence-corrected chi connectivity index (χ1v) is 7.00. The minimum atomic E-state index is 0.631. The van der Waals surface area contributed by atoms with Crippen LogP contribution in [0.2, 0.25) is 5.02 Å². The summed E-state index contributed by atoms with van der Waals surface area (Å²) in [7, 11) is 0. The van der Waals surface area contributed by atoms with E-state index in [4.69, 9.17) is 22.3 Å². The quantitative estimate of drug-likeness (QED) is 0.715. The molecule has 4 heteroatoms. The molecule has 3 rings (SSSR count). The second-order valence-electron chi connectivity index (χ2n) is 4.91. The van der Waals surface area contributed by atoms with Crippen molar-refractivity contribution in [2.24, 2.45) is 0 Å². The van der Waals surface area contributed by atoms with E-state index < -0.39 is 0 Å². The number of fused-ring (bicyclic) bond motifs is 1. The molecule has 102 valence electrons. The zero-order chi connectivity index (χ0) is 14.3. The molecule has 0 saturated heterocycles. The fraction of sp³-hybridized carbons (Fsp3) is 0.188. The average molecular weight is 286 g/mol. The van der Waals surface area contributed by atoms with Gasteiger partial charge in [0.15, 0.2) is 0 Å². The molecular formula is C16H16ClN3. The number of rotatable bonds is 2. The van der Waals surface area contributed by atoms with Gasteiger partial charge in [-0.1, -0.05) is 17.7 Å². The maximum absolute atomic E-state index is 6.32. The minimum absolute atomic E-state index is 0.631. The largest absolute Gasteiger partial charge is 0.399 e. The summed E-state index contributed by atoms with van der Waals surface area (Å²) in [5.41, 5.74) is 10.7. The van der Waals surface area contributed by atoms with Crippen LogP contribution >= 0.6 is 11.6 Å². The summed E-state index contributed by atoms with van der Waals surface area (Å²) in [5.74, 6) is 0.887. The van der Waals surface area contributed by atoms with Crippen LogP contribution in [0.1, 0.15) is 12.5 Å². The third kappa shape index (κ3) is 2.04. The van der Waals surface area contributed by atoms with Crippen LogP contribution in [0.15, 0.2) is 36.4 Å². The summed E-state index contributed by atoms with van der Waals surface area (Å²) in [6.45, 7) is 5.02. The first-order valence-electron chi connectivity index (χ1n) is 6.62. The molecule has 1 heterocycles. The van der Waals surface area contributed by atoms with Crippen LogP contribution in [-0.2, 0) is 6.54 Å². The molecule has 0 aliphatic carbocycles. The Bertz CT molecular complexity index is 790. The average Bonchev–Trinajstić information content (AvgIpc) is 2.75. The van der Waals surface area contributed by atoms with Crippen molar-refractivity contribution in [2.45, 2.75) is 20.4 Å². The first kappa shape index (κ1) is 13.0. The fourth-order valence-electron chi connectivity index (χ4n) is 2.48. The fourth-order valence-corrected chi connectivity index (χ4v) is 2.75. The first-order chi connectivity index (χ1) is 9.60. The highest BCUT2D eigenvalue weighted by Gasteiger charge is 2.14. The highest BCUT2D eigenvalue weighted by Crippen LogP contribution is 2.31. The number of benzene rings is 2. The van der Waals surface area contributed by atoms with Gasteiger partial charge in [0.05, 0.1) is 16.1 Å². The molecule has 3 nitrogen and oxygen atoms in total. The van der Waals surface area contributed by atoms with Gasteiger partial charge >= 0.3 is 0 Å². The lowest BCUT2D eigenvalue weighted by molar-refractivity contribution is 0.796. The molecule has 0 aliphatic rings. The molecule has 0 amide bonds. The van der Waals surface area contributed by atoms with E-state index in [2.05, 4.69) is 36.6 Å². The lowest BCUT2D eigenvalue weighted by Gasteiger charge is -2.08. The zero-order valence-corrected chi connectivity index (χ0v) is 12.3. The Kier molecular flexibility index (Phi) is 3.14. The Balaban J connectivity index is 2.30. The molecule has 0 spiro atoms. The van der Waals surface area contributed by atoms with E-state index in [0.717, 1.165) is 29.0 Å². The van der Waals surface area contributed by atoms with Crippen LogP contribution in [0.4, 0.5) is 5.69 Å². The molecule has 20 heavy (non-hydrogen) atoms. The Morgan fingerprint density at radius 2 is 2.00 bits per heavy atom. The molecule has 0 atom stereocenters. The van der Waals surface area contributed by atoms with Gasteiger partial charge in [-0.25, -0.2) is 4.98 Å². The monoisotopic (exact) mass is 285 g/mol. The number of hydrogen-bond donors (Lipinski definition) is 1. The van der Waals surface area contributed by atoms with Gasteiger partial charge in [0, 0.05) is 17.8 Å². The number of halogens is 1. The van der Waals surface area contributed by atoms with Crippen LogP contribution < -0.4 is 5.73 Å². The molecule has 0 bridgehead atoms. The number of nitrogen functional groups attached to an aromatic ring is 1. The topological polar surface area (TPSA) is 43.8 Å². The van der Waals surface area contributed by atoms with E-state index in [1.54, 1.807) is 6.07 Å². The highest BCUT2D eigenvalue weighted by molar-refractivity contribution is 6.33. The highest BCUT2D eigenvalue weighted by atomic mass is 35.5. The normalized spacial score (nSPS) is 11.2. The van der Waals surface area contributed by atoms with Gasteiger partial charge < -0.3 is 10.3 Å². The third-order valence-electron chi connectivity index (χ3n) is 3.45. The second kappa shape index (κ2) is 4.84. The van der Waals surface area contributed by atoms with Crippen molar-refractivity contribution < 1.29 is 0 Å². The predicted molar refractivity (Wildman–Crippen MR) is 85.0 cm³/mol. The smallest absolute Gasteiger partial charge is 0.142 e. The van der Waals surface area contributed by atoms with Gasteiger partial charge in [-0.15, -0.1) is 0 Å². The lowest BCUT2D eigenvalue weighted by atomic mass is 10.2. The Labute approximate surface area is 123 Å². The van der Waals surface area contributed by atoms with E-state index in [9.17, 15) is 0 Å². The van der Waals surface area contributed by atoms with Crippen molar-refractivity contribution in [1.82, 2.24) is 9.55 Å². The van der Waals surface area contributed by atoms with E-state index in [-0.39, 0.29) is 0 Å². The standard InChI is InChI=1S/C16H16ClN3/c1-3-20-15-7-4-10(2)8-14(15)19-16(20)12-6-5-11(18)9-13(12)17/h4-9H,3,18H2,1-2H3. The van der Waals surface area contributed by atoms with Gasteiger partial charge in [-0.2, -0.15) is 0 Å². The summed E-state index contributed by atoms with van der Waals surface area (Å²) < 4.78 is 2.17. The number of nitrogens with zero attached hydrogens (tertiary/aromatic N) is 2. The third-order valence-corrected chi connectivity index (χ3v) is 3.77. The maximum atomic E-state index is 6.32. The van der Waals surface area contributed by atoms with Crippen molar-refractivity contribution in [3.63, 3.8) is 0 Å². The predicted octanol–water partition coefficient (Wildman–Crippen LogP) is 4.27. The summed E-state index contributed by atoms with van der Waals surface area (Å²) in [4.78, 5) is 4.74. The van der Waals surface area contributed by atoms with Crippen LogP contribution in [0, 0.1) is 6.92 Å². The van der Waals surface area contributed by atoms with Crippen LogP contribution in [-0.4, -0.2) is 9.55 Å². The molecule has 2 aromatic carbocycles. The van der Waals surface area contributed by atoms with E-state index >= 15 is 0 Å². The lowest BCUT2D eigenvalue weighted by Crippen LogP contribution is -1.98. The summed E-state index contributed by atoms with van der Waals surface area (Å²) in [6.07, 6.45) is 0.